The van der Waals surface area contributed by atoms with Crippen LogP contribution in [0.15, 0.2) is 24.3 Å². The Morgan fingerprint density at radius 2 is 2.26 bits per heavy atom. The molecule has 19 heavy (non-hydrogen) atoms. The summed E-state index contributed by atoms with van der Waals surface area (Å²) in [5.74, 6) is 0.950. The predicted molar refractivity (Wildman–Crippen MR) is 73.7 cm³/mol. The second-order valence-corrected chi connectivity index (χ2v) is 4.74. The maximum Gasteiger partial charge on any atom is 0.333 e. The normalized spacial score (nSPS) is 17.8. The summed E-state index contributed by atoms with van der Waals surface area (Å²) in [5.41, 5.74) is 5.15. The quantitative estimate of drug-likeness (QED) is 0.583. The zero-order chi connectivity index (χ0) is 13.5. The maximum absolute atomic E-state index is 11.5. The zero-order valence-corrected chi connectivity index (χ0v) is 11.2. The van der Waals surface area contributed by atoms with Crippen molar-refractivity contribution in [1.29, 1.82) is 0 Å². The number of nitrogens with zero attached hydrogens (tertiary/aromatic N) is 2. The Bertz CT molecular complexity index is 448. The van der Waals surface area contributed by atoms with Crippen molar-refractivity contribution in [2.24, 2.45) is 5.92 Å². The Morgan fingerprint density at radius 3 is 2.95 bits per heavy atom. The predicted octanol–water partition coefficient (Wildman–Crippen LogP) is 2.11. The summed E-state index contributed by atoms with van der Waals surface area (Å²) in [6, 6.07) is 2.93. The highest BCUT2D eigenvalue weighted by molar-refractivity contribution is 6.29. The van der Waals surface area contributed by atoms with Crippen molar-refractivity contribution in [3.05, 3.63) is 29.4 Å². The van der Waals surface area contributed by atoms with Gasteiger partial charge in [0.05, 0.1) is 0 Å². The highest BCUT2D eigenvalue weighted by Gasteiger charge is 2.10. The van der Waals surface area contributed by atoms with Gasteiger partial charge in [0.2, 0.25) is 0 Å². The SMILES string of the molecule is O=C(NCC1CC=CCC1)NNc1ccc(Cl)nn1. The van der Waals surface area contributed by atoms with Crippen LogP contribution in [0.25, 0.3) is 0 Å². The Labute approximate surface area is 116 Å². The molecule has 0 saturated carbocycles. The number of hydrogen-bond donors (Lipinski definition) is 3. The molecule has 0 bridgehead atoms. The molecule has 1 aromatic heterocycles. The van der Waals surface area contributed by atoms with Gasteiger partial charge < -0.3 is 5.32 Å². The maximum atomic E-state index is 11.5. The molecule has 0 fully saturated rings. The Hall–Kier alpha value is -1.82. The molecule has 1 atom stereocenters. The molecular formula is C12H16ClN5O. The lowest BCUT2D eigenvalue weighted by atomic mass is 9.94. The molecular weight excluding hydrogens is 266 g/mol. The average Bonchev–Trinajstić information content (AvgIpc) is 2.45. The second kappa shape index (κ2) is 6.94. The van der Waals surface area contributed by atoms with Crippen molar-refractivity contribution in [3.63, 3.8) is 0 Å². The van der Waals surface area contributed by atoms with E-state index in [1.807, 2.05) is 0 Å². The van der Waals surface area contributed by atoms with Crippen molar-refractivity contribution >= 4 is 23.4 Å². The van der Waals surface area contributed by atoms with Crippen molar-refractivity contribution in [2.45, 2.75) is 19.3 Å². The van der Waals surface area contributed by atoms with Gasteiger partial charge in [-0.1, -0.05) is 23.8 Å². The van der Waals surface area contributed by atoms with E-state index in [4.69, 9.17) is 11.6 Å². The number of hydrogen-bond acceptors (Lipinski definition) is 4. The molecule has 1 aromatic rings. The summed E-state index contributed by atoms with van der Waals surface area (Å²) in [6.45, 7) is 0.671. The molecule has 0 radical (unpaired) electrons. The van der Waals surface area contributed by atoms with E-state index in [-0.39, 0.29) is 6.03 Å². The van der Waals surface area contributed by atoms with Crippen LogP contribution in [0.2, 0.25) is 5.15 Å². The Balaban J connectivity index is 1.66. The number of allylic oxidation sites excluding steroid dienone is 2. The molecule has 102 valence electrons. The zero-order valence-electron chi connectivity index (χ0n) is 10.4. The number of amides is 2. The third-order valence-electron chi connectivity index (χ3n) is 2.87. The minimum Gasteiger partial charge on any atom is -0.336 e. The van der Waals surface area contributed by atoms with Crippen LogP contribution >= 0.6 is 11.6 Å². The molecule has 2 amide bonds. The first kappa shape index (κ1) is 13.6. The van der Waals surface area contributed by atoms with Gasteiger partial charge in [-0.3, -0.25) is 10.9 Å². The topological polar surface area (TPSA) is 78.9 Å². The fraction of sp³-hybridized carbons (Fsp3) is 0.417. The number of carbonyl (C=O) groups excluding carboxylic acids is 1. The summed E-state index contributed by atoms with van der Waals surface area (Å²) in [6.07, 6.45) is 7.57. The van der Waals surface area contributed by atoms with Crippen LogP contribution in [0, 0.1) is 5.92 Å². The van der Waals surface area contributed by atoms with E-state index in [2.05, 4.69) is 38.5 Å². The molecule has 0 aromatic carbocycles. The standard InChI is InChI=1S/C12H16ClN5O/c13-10-6-7-11(16-15-10)17-18-12(19)14-8-9-4-2-1-3-5-9/h1-2,6-7,9H,3-5,8H2,(H,16,17)(H2,14,18,19). The molecule has 0 saturated heterocycles. The molecule has 0 aliphatic heterocycles. The summed E-state index contributed by atoms with van der Waals surface area (Å²) in [7, 11) is 0. The largest absolute Gasteiger partial charge is 0.336 e. The number of rotatable bonds is 4. The summed E-state index contributed by atoms with van der Waals surface area (Å²) >= 11 is 5.60. The van der Waals surface area contributed by atoms with Crippen LogP contribution in [0.3, 0.4) is 0 Å². The monoisotopic (exact) mass is 281 g/mol. The first-order valence-corrected chi connectivity index (χ1v) is 6.56. The number of hydrazine groups is 1. The Kier molecular flexibility index (Phi) is 4.97. The third-order valence-corrected chi connectivity index (χ3v) is 3.07. The lowest BCUT2D eigenvalue weighted by Crippen LogP contribution is -2.41. The van der Waals surface area contributed by atoms with Gasteiger partial charge in [0.1, 0.15) is 0 Å². The van der Waals surface area contributed by atoms with E-state index >= 15 is 0 Å². The van der Waals surface area contributed by atoms with Crippen molar-refractivity contribution in [1.82, 2.24) is 20.9 Å². The molecule has 6 nitrogen and oxygen atoms in total. The number of anilines is 1. The van der Waals surface area contributed by atoms with E-state index in [1.54, 1.807) is 12.1 Å². The number of urea groups is 1. The van der Waals surface area contributed by atoms with Gasteiger partial charge >= 0.3 is 6.03 Å². The van der Waals surface area contributed by atoms with Crippen LogP contribution < -0.4 is 16.2 Å². The van der Waals surface area contributed by atoms with Crippen LogP contribution in [-0.4, -0.2) is 22.8 Å². The van der Waals surface area contributed by atoms with Gasteiger partial charge in [0.25, 0.3) is 0 Å². The van der Waals surface area contributed by atoms with E-state index in [0.29, 0.717) is 23.4 Å². The van der Waals surface area contributed by atoms with Crippen LogP contribution in [-0.2, 0) is 0 Å². The third kappa shape index (κ3) is 4.75. The minimum atomic E-state index is -0.286. The first-order valence-electron chi connectivity index (χ1n) is 6.18. The molecule has 1 aliphatic carbocycles. The highest BCUT2D eigenvalue weighted by atomic mass is 35.5. The van der Waals surface area contributed by atoms with Gasteiger partial charge in [0, 0.05) is 6.54 Å². The average molecular weight is 282 g/mol. The second-order valence-electron chi connectivity index (χ2n) is 4.35. The molecule has 1 heterocycles. The first-order chi connectivity index (χ1) is 9.24. The molecule has 1 aliphatic rings. The lowest BCUT2D eigenvalue weighted by molar-refractivity contribution is 0.240. The van der Waals surface area contributed by atoms with Crippen LogP contribution in [0.1, 0.15) is 19.3 Å². The van der Waals surface area contributed by atoms with E-state index in [9.17, 15) is 4.79 Å². The number of nitrogens with one attached hydrogen (secondary N) is 3. The number of aromatic nitrogens is 2. The van der Waals surface area contributed by atoms with Gasteiger partial charge in [-0.2, -0.15) is 0 Å². The Morgan fingerprint density at radius 1 is 1.37 bits per heavy atom. The molecule has 1 unspecified atom stereocenters. The molecule has 7 heteroatoms. The molecule has 0 spiro atoms. The summed E-state index contributed by atoms with van der Waals surface area (Å²) < 4.78 is 0. The minimum absolute atomic E-state index is 0.286. The van der Waals surface area contributed by atoms with Crippen LogP contribution in [0.4, 0.5) is 10.6 Å². The number of carbonyl (C=O) groups is 1. The van der Waals surface area contributed by atoms with Gasteiger partial charge in [0.15, 0.2) is 11.0 Å². The number of halogens is 1. The van der Waals surface area contributed by atoms with Gasteiger partial charge in [-0.25, -0.2) is 4.79 Å². The molecule has 2 rings (SSSR count). The van der Waals surface area contributed by atoms with E-state index < -0.39 is 0 Å². The van der Waals surface area contributed by atoms with Gasteiger partial charge in [-0.15, -0.1) is 10.2 Å². The van der Waals surface area contributed by atoms with Crippen molar-refractivity contribution in [3.8, 4) is 0 Å². The van der Waals surface area contributed by atoms with Crippen LogP contribution in [0.5, 0.6) is 0 Å². The fourth-order valence-corrected chi connectivity index (χ4v) is 1.93. The van der Waals surface area contributed by atoms with Crippen molar-refractivity contribution < 1.29 is 4.79 Å². The lowest BCUT2D eigenvalue weighted by Gasteiger charge is -2.18. The highest BCUT2D eigenvalue weighted by Crippen LogP contribution is 2.16. The summed E-state index contributed by atoms with van der Waals surface area (Å²) in [5, 5.41) is 10.5. The smallest absolute Gasteiger partial charge is 0.333 e. The molecule has 3 N–H and O–H groups in total. The summed E-state index contributed by atoms with van der Waals surface area (Å²) in [4.78, 5) is 11.5. The van der Waals surface area contributed by atoms with E-state index in [1.165, 1.54) is 0 Å². The van der Waals surface area contributed by atoms with Crippen molar-refractivity contribution in [2.75, 3.05) is 12.0 Å². The van der Waals surface area contributed by atoms with E-state index in [0.717, 1.165) is 19.3 Å². The van der Waals surface area contributed by atoms with Gasteiger partial charge in [-0.05, 0) is 37.3 Å². The fourth-order valence-electron chi connectivity index (χ4n) is 1.83.